The van der Waals surface area contributed by atoms with Crippen LogP contribution in [0.15, 0.2) is 42.0 Å². The maximum Gasteiger partial charge on any atom is 0.331 e. The zero-order chi connectivity index (χ0) is 20.8. The first kappa shape index (κ1) is 21.2. The fourth-order valence-electron chi connectivity index (χ4n) is 2.97. The first-order valence-corrected chi connectivity index (χ1v) is 8.86. The molecule has 0 bridgehead atoms. The summed E-state index contributed by atoms with van der Waals surface area (Å²) in [5, 5.41) is 0. The van der Waals surface area contributed by atoms with Crippen LogP contribution >= 0.6 is 0 Å². The fraction of sp³-hybridized carbons (Fsp3) is 0.318. The molecule has 1 atom stereocenters. The molecule has 0 aromatic heterocycles. The Kier molecular flexibility index (Phi) is 6.93. The van der Waals surface area contributed by atoms with E-state index in [9.17, 15) is 14.4 Å². The molecule has 148 valence electrons. The SMILES string of the molecule is C/C=C/C(=O)O[C@H](CC=C(C)C)c1cc(OC)c2c(c1OC)C(=O)C=CC2=O. The van der Waals surface area contributed by atoms with E-state index in [-0.39, 0.29) is 34.2 Å². The molecule has 0 saturated heterocycles. The average Bonchev–Trinajstić information content (AvgIpc) is 2.66. The number of ketones is 2. The van der Waals surface area contributed by atoms with Crippen molar-refractivity contribution in [2.24, 2.45) is 0 Å². The van der Waals surface area contributed by atoms with Crippen LogP contribution in [0.5, 0.6) is 11.5 Å². The molecule has 0 saturated carbocycles. The first-order valence-electron chi connectivity index (χ1n) is 8.86. The van der Waals surface area contributed by atoms with Crippen LogP contribution in [-0.4, -0.2) is 31.8 Å². The summed E-state index contributed by atoms with van der Waals surface area (Å²) in [6, 6.07) is 1.59. The summed E-state index contributed by atoms with van der Waals surface area (Å²) < 4.78 is 16.5. The van der Waals surface area contributed by atoms with Crippen LogP contribution in [0.25, 0.3) is 0 Å². The van der Waals surface area contributed by atoms with Gasteiger partial charge in [0.2, 0.25) is 0 Å². The van der Waals surface area contributed by atoms with Crippen molar-refractivity contribution < 1.29 is 28.6 Å². The Hall–Kier alpha value is -3.15. The van der Waals surface area contributed by atoms with Crippen molar-refractivity contribution in [3.05, 3.63) is 58.7 Å². The van der Waals surface area contributed by atoms with Crippen LogP contribution in [0.4, 0.5) is 0 Å². The number of rotatable bonds is 7. The summed E-state index contributed by atoms with van der Waals surface area (Å²) >= 11 is 0. The van der Waals surface area contributed by atoms with Crippen LogP contribution in [0.3, 0.4) is 0 Å². The van der Waals surface area contributed by atoms with Gasteiger partial charge >= 0.3 is 5.97 Å². The highest BCUT2D eigenvalue weighted by molar-refractivity contribution is 6.24. The molecule has 28 heavy (non-hydrogen) atoms. The van der Waals surface area contributed by atoms with Crippen LogP contribution in [0, 0.1) is 0 Å². The van der Waals surface area contributed by atoms with Gasteiger partial charge in [0.25, 0.3) is 0 Å². The molecule has 0 unspecified atom stereocenters. The van der Waals surface area contributed by atoms with Gasteiger partial charge < -0.3 is 14.2 Å². The lowest BCUT2D eigenvalue weighted by Crippen LogP contribution is -2.18. The zero-order valence-electron chi connectivity index (χ0n) is 16.7. The molecule has 6 heteroatoms. The second-order valence-corrected chi connectivity index (χ2v) is 6.46. The molecule has 1 aliphatic rings. The van der Waals surface area contributed by atoms with Gasteiger partial charge in [-0.25, -0.2) is 4.79 Å². The van der Waals surface area contributed by atoms with Gasteiger partial charge in [-0.2, -0.15) is 0 Å². The lowest BCUT2D eigenvalue weighted by Gasteiger charge is -2.24. The van der Waals surface area contributed by atoms with Crippen LogP contribution in [0.2, 0.25) is 0 Å². The van der Waals surface area contributed by atoms with Crippen molar-refractivity contribution in [3.8, 4) is 11.5 Å². The normalized spacial score (nSPS) is 13.9. The molecule has 0 spiro atoms. The molecule has 0 N–H and O–H groups in total. The summed E-state index contributed by atoms with van der Waals surface area (Å²) in [5.41, 5.74) is 1.78. The van der Waals surface area contributed by atoms with Gasteiger partial charge in [-0.15, -0.1) is 0 Å². The lowest BCUT2D eigenvalue weighted by molar-refractivity contribution is -0.143. The van der Waals surface area contributed by atoms with Crippen molar-refractivity contribution >= 4 is 17.5 Å². The smallest absolute Gasteiger partial charge is 0.331 e. The van der Waals surface area contributed by atoms with Crippen molar-refractivity contribution in [3.63, 3.8) is 0 Å². The number of carbonyl (C=O) groups excluding carboxylic acids is 3. The maximum atomic E-state index is 12.5. The van der Waals surface area contributed by atoms with Crippen molar-refractivity contribution in [1.82, 2.24) is 0 Å². The van der Waals surface area contributed by atoms with Crippen molar-refractivity contribution in [2.45, 2.75) is 33.3 Å². The molecule has 0 aliphatic heterocycles. The Morgan fingerprint density at radius 1 is 1.07 bits per heavy atom. The number of ether oxygens (including phenoxy) is 3. The van der Waals surface area contributed by atoms with Gasteiger partial charge in [-0.1, -0.05) is 17.7 Å². The lowest BCUT2D eigenvalue weighted by atomic mass is 9.88. The minimum Gasteiger partial charge on any atom is -0.496 e. The Morgan fingerprint density at radius 3 is 2.25 bits per heavy atom. The van der Waals surface area contributed by atoms with Gasteiger partial charge in [-0.05, 0) is 39.0 Å². The summed E-state index contributed by atoms with van der Waals surface area (Å²) in [6.45, 7) is 5.58. The fourth-order valence-corrected chi connectivity index (χ4v) is 2.97. The first-order chi connectivity index (χ1) is 13.3. The van der Waals surface area contributed by atoms with Gasteiger partial charge in [0.15, 0.2) is 11.6 Å². The van der Waals surface area contributed by atoms with E-state index in [1.54, 1.807) is 19.1 Å². The highest BCUT2D eigenvalue weighted by Gasteiger charge is 2.32. The van der Waals surface area contributed by atoms with E-state index in [0.717, 1.165) is 5.57 Å². The molecule has 6 nitrogen and oxygen atoms in total. The predicted octanol–water partition coefficient (Wildman–Crippen LogP) is 4.16. The van der Waals surface area contributed by atoms with Crippen LogP contribution < -0.4 is 9.47 Å². The molecule has 0 heterocycles. The second-order valence-electron chi connectivity index (χ2n) is 6.46. The minimum atomic E-state index is -0.721. The monoisotopic (exact) mass is 384 g/mol. The summed E-state index contributed by atoms with van der Waals surface area (Å²) in [5.74, 6) is -0.789. The number of esters is 1. The predicted molar refractivity (Wildman–Crippen MR) is 105 cm³/mol. The van der Waals surface area contributed by atoms with Crippen molar-refractivity contribution in [1.29, 1.82) is 0 Å². The highest BCUT2D eigenvalue weighted by Crippen LogP contribution is 2.42. The maximum absolute atomic E-state index is 12.5. The third-order valence-corrected chi connectivity index (χ3v) is 4.22. The Labute approximate surface area is 164 Å². The second kappa shape index (κ2) is 9.17. The number of carbonyl (C=O) groups is 3. The topological polar surface area (TPSA) is 78.9 Å². The number of methoxy groups -OCH3 is 2. The molecule has 2 rings (SSSR count). The van der Waals surface area contributed by atoms with E-state index < -0.39 is 12.1 Å². The van der Waals surface area contributed by atoms with E-state index >= 15 is 0 Å². The quantitative estimate of drug-likeness (QED) is 0.399. The van der Waals surface area contributed by atoms with Gasteiger partial charge in [0.05, 0.1) is 25.3 Å². The molecular formula is C22H24O6. The number of hydrogen-bond acceptors (Lipinski definition) is 6. The summed E-state index contributed by atoms with van der Waals surface area (Å²) in [4.78, 5) is 37.0. The van der Waals surface area contributed by atoms with Gasteiger partial charge in [0, 0.05) is 18.1 Å². The Balaban J connectivity index is 2.70. The Morgan fingerprint density at radius 2 is 1.71 bits per heavy atom. The Bertz CT molecular complexity index is 885. The third-order valence-electron chi connectivity index (χ3n) is 4.22. The van der Waals surface area contributed by atoms with E-state index in [0.29, 0.717) is 12.0 Å². The van der Waals surface area contributed by atoms with E-state index in [2.05, 4.69) is 0 Å². The standard InChI is InChI=1S/C22H24O6/c1-6-7-19(25)28-17(11-8-13(2)3)14-12-18(26-4)20-15(23)9-10-16(24)21(20)22(14)27-5/h6-10,12,17H,11H2,1-5H3/b7-6+/t17-/m1/s1. The molecule has 0 amide bonds. The number of hydrogen-bond donors (Lipinski definition) is 0. The average molecular weight is 384 g/mol. The molecule has 0 radical (unpaired) electrons. The largest absolute Gasteiger partial charge is 0.496 e. The van der Waals surface area contributed by atoms with Crippen LogP contribution in [0.1, 0.15) is 59.6 Å². The zero-order valence-corrected chi connectivity index (χ0v) is 16.7. The number of fused-ring (bicyclic) bond motifs is 1. The minimum absolute atomic E-state index is 0.119. The van der Waals surface area contributed by atoms with Crippen LogP contribution in [-0.2, 0) is 9.53 Å². The molecule has 1 aliphatic carbocycles. The van der Waals surface area contributed by atoms with E-state index in [1.165, 1.54) is 32.4 Å². The molecule has 0 fully saturated rings. The number of allylic oxidation sites excluding steroid dienone is 4. The van der Waals surface area contributed by atoms with Crippen molar-refractivity contribution in [2.75, 3.05) is 14.2 Å². The highest BCUT2D eigenvalue weighted by atomic mass is 16.5. The van der Waals surface area contributed by atoms with Gasteiger partial charge in [-0.3, -0.25) is 9.59 Å². The van der Waals surface area contributed by atoms with E-state index in [1.807, 2.05) is 19.9 Å². The summed E-state index contributed by atoms with van der Waals surface area (Å²) in [7, 11) is 2.83. The molecule has 1 aromatic rings. The molecule has 1 aromatic carbocycles. The summed E-state index contributed by atoms with van der Waals surface area (Å²) in [6.07, 6.45) is 6.88. The third kappa shape index (κ3) is 4.39. The van der Waals surface area contributed by atoms with Gasteiger partial charge in [0.1, 0.15) is 17.6 Å². The van der Waals surface area contributed by atoms with E-state index in [4.69, 9.17) is 14.2 Å². The molecular weight excluding hydrogens is 360 g/mol. The number of benzene rings is 1.